The molecule has 4 nitrogen and oxygen atoms in total. The van der Waals surface area contributed by atoms with Crippen LogP contribution in [0.4, 0.5) is 0 Å². The van der Waals surface area contributed by atoms with E-state index in [4.69, 9.17) is 0 Å². The Labute approximate surface area is 313 Å². The first-order chi connectivity index (χ1) is 26.6. The highest BCUT2D eigenvalue weighted by atomic mass is 15.0. The van der Waals surface area contributed by atoms with Crippen LogP contribution in [0.15, 0.2) is 170 Å². The van der Waals surface area contributed by atoms with E-state index in [0.29, 0.717) is 5.56 Å². The Bertz CT molecular complexity index is 3140. The standard InChI is InChI=1S/C50H34N4/c1-32-11-3-5-13-38(32)35-19-21-47-43(27-35)40-15-7-9-17-45(40)53(47)49-30-42(34-23-25-52-26-24-34)50(29-37(49)31-51)54-46-18-10-8-16-41(46)44-28-36(20-22-48(44)54)39-14-6-4-12-33(39)2/h3-30H,1-2H3. The van der Waals surface area contributed by atoms with Crippen LogP contribution < -0.4 is 0 Å². The molecule has 0 bridgehead atoms. The molecule has 0 atom stereocenters. The van der Waals surface area contributed by atoms with Gasteiger partial charge in [0.1, 0.15) is 6.07 Å². The van der Waals surface area contributed by atoms with Crippen LogP contribution in [0.2, 0.25) is 0 Å². The van der Waals surface area contributed by atoms with Gasteiger partial charge >= 0.3 is 0 Å². The van der Waals surface area contributed by atoms with Gasteiger partial charge in [0, 0.05) is 39.5 Å². The fourth-order valence-electron chi connectivity index (χ4n) is 8.39. The lowest BCUT2D eigenvalue weighted by Crippen LogP contribution is -2.04. The summed E-state index contributed by atoms with van der Waals surface area (Å²) in [7, 11) is 0. The largest absolute Gasteiger partial charge is 0.309 e. The minimum absolute atomic E-state index is 0.593. The molecule has 0 fully saturated rings. The maximum Gasteiger partial charge on any atom is 0.101 e. The molecule has 3 aromatic heterocycles. The Hall–Kier alpha value is -7.22. The van der Waals surface area contributed by atoms with Gasteiger partial charge in [-0.3, -0.25) is 4.98 Å². The second-order valence-corrected chi connectivity index (χ2v) is 14.0. The highest BCUT2D eigenvalue weighted by Gasteiger charge is 2.22. The Morgan fingerprint density at radius 2 is 0.907 bits per heavy atom. The maximum absolute atomic E-state index is 11.0. The molecule has 10 aromatic rings. The van der Waals surface area contributed by atoms with Crippen LogP contribution in [-0.4, -0.2) is 14.1 Å². The van der Waals surface area contributed by atoms with E-state index in [-0.39, 0.29) is 0 Å². The zero-order valence-electron chi connectivity index (χ0n) is 30.0. The molecule has 0 spiro atoms. The smallest absolute Gasteiger partial charge is 0.101 e. The number of aromatic nitrogens is 3. The summed E-state index contributed by atoms with van der Waals surface area (Å²) < 4.78 is 4.59. The lowest BCUT2D eigenvalue weighted by atomic mass is 9.98. The molecule has 0 saturated heterocycles. The Morgan fingerprint density at radius 1 is 0.426 bits per heavy atom. The molecule has 254 valence electrons. The minimum Gasteiger partial charge on any atom is -0.309 e. The van der Waals surface area contributed by atoms with Crippen LogP contribution in [0.25, 0.3) is 88.4 Å². The third-order valence-corrected chi connectivity index (χ3v) is 11.0. The molecule has 0 aliphatic heterocycles. The van der Waals surface area contributed by atoms with E-state index in [9.17, 15) is 5.26 Å². The van der Waals surface area contributed by atoms with Crippen molar-refractivity contribution in [2.45, 2.75) is 13.8 Å². The number of para-hydroxylation sites is 2. The van der Waals surface area contributed by atoms with Crippen LogP contribution >= 0.6 is 0 Å². The van der Waals surface area contributed by atoms with Crippen molar-refractivity contribution in [3.63, 3.8) is 0 Å². The van der Waals surface area contributed by atoms with E-state index in [1.807, 2.05) is 12.4 Å². The molecule has 0 radical (unpaired) electrons. The molecule has 0 unspecified atom stereocenters. The quantitative estimate of drug-likeness (QED) is 0.180. The first-order valence-corrected chi connectivity index (χ1v) is 18.3. The molecular weight excluding hydrogens is 657 g/mol. The van der Waals surface area contributed by atoms with E-state index in [1.54, 1.807) is 0 Å². The fourth-order valence-corrected chi connectivity index (χ4v) is 8.39. The second kappa shape index (κ2) is 12.5. The Balaban J connectivity index is 1.26. The first-order valence-electron chi connectivity index (χ1n) is 18.3. The predicted octanol–water partition coefficient (Wildman–Crippen LogP) is 12.8. The Morgan fingerprint density at radius 3 is 1.44 bits per heavy atom. The minimum atomic E-state index is 0.593. The number of hydrogen-bond donors (Lipinski definition) is 0. The molecule has 0 aliphatic carbocycles. The van der Waals surface area contributed by atoms with Crippen LogP contribution in [0.1, 0.15) is 16.7 Å². The van der Waals surface area contributed by atoms with Crippen LogP contribution in [0, 0.1) is 25.2 Å². The zero-order valence-corrected chi connectivity index (χ0v) is 30.0. The van der Waals surface area contributed by atoms with Gasteiger partial charge in [-0.2, -0.15) is 5.26 Å². The lowest BCUT2D eigenvalue weighted by molar-refractivity contribution is 1.13. The van der Waals surface area contributed by atoms with Crippen molar-refractivity contribution in [3.8, 4) is 50.8 Å². The predicted molar refractivity (Wildman–Crippen MR) is 223 cm³/mol. The summed E-state index contributed by atoms with van der Waals surface area (Å²) >= 11 is 0. The SMILES string of the molecule is Cc1ccccc1-c1ccc2c(c1)c1ccccc1n2-c1cc(-c2ccncc2)c(-n2c3ccccc3c3cc(-c4ccccc4C)ccc32)cc1C#N. The Kier molecular flexibility index (Phi) is 7.28. The summed E-state index contributed by atoms with van der Waals surface area (Å²) in [5.74, 6) is 0. The number of hydrogen-bond acceptors (Lipinski definition) is 2. The van der Waals surface area contributed by atoms with Gasteiger partial charge in [0.25, 0.3) is 0 Å². The van der Waals surface area contributed by atoms with Gasteiger partial charge in [-0.05, 0) is 113 Å². The van der Waals surface area contributed by atoms with Gasteiger partial charge in [0.05, 0.1) is 39.0 Å². The van der Waals surface area contributed by atoms with Gasteiger partial charge in [0.2, 0.25) is 0 Å². The van der Waals surface area contributed by atoms with E-state index in [2.05, 4.69) is 192 Å². The van der Waals surface area contributed by atoms with Crippen molar-refractivity contribution in [2.75, 3.05) is 0 Å². The second-order valence-electron chi connectivity index (χ2n) is 14.0. The van der Waals surface area contributed by atoms with E-state index in [1.165, 1.54) is 38.8 Å². The molecule has 3 heterocycles. The molecule has 54 heavy (non-hydrogen) atoms. The average Bonchev–Trinajstić information content (AvgIpc) is 3.73. The number of rotatable bonds is 5. The summed E-state index contributed by atoms with van der Waals surface area (Å²) in [5.41, 5.74) is 16.0. The third kappa shape index (κ3) is 4.87. The van der Waals surface area contributed by atoms with E-state index < -0.39 is 0 Å². The van der Waals surface area contributed by atoms with Crippen molar-refractivity contribution >= 4 is 43.6 Å². The molecule has 0 amide bonds. The molecule has 7 aromatic carbocycles. The number of nitriles is 1. The average molecular weight is 691 g/mol. The molecular formula is C50H34N4. The number of benzene rings is 7. The van der Waals surface area contributed by atoms with Crippen LogP contribution in [0.3, 0.4) is 0 Å². The normalized spacial score (nSPS) is 11.5. The summed E-state index contributed by atoms with van der Waals surface area (Å²) in [6.07, 6.45) is 3.68. The van der Waals surface area contributed by atoms with E-state index in [0.717, 1.165) is 60.7 Å². The summed E-state index contributed by atoms with van der Waals surface area (Å²) in [6.45, 7) is 4.32. The van der Waals surface area contributed by atoms with Crippen molar-refractivity contribution < 1.29 is 0 Å². The molecule has 4 heteroatoms. The van der Waals surface area contributed by atoms with Crippen LogP contribution in [-0.2, 0) is 0 Å². The van der Waals surface area contributed by atoms with Gasteiger partial charge in [-0.1, -0.05) is 97.1 Å². The third-order valence-electron chi connectivity index (χ3n) is 11.0. The van der Waals surface area contributed by atoms with Gasteiger partial charge in [0.15, 0.2) is 0 Å². The van der Waals surface area contributed by atoms with Gasteiger partial charge < -0.3 is 9.13 Å². The molecule has 10 rings (SSSR count). The monoisotopic (exact) mass is 690 g/mol. The first kappa shape index (κ1) is 31.5. The van der Waals surface area contributed by atoms with Crippen molar-refractivity contribution in [2.24, 2.45) is 0 Å². The summed E-state index contributed by atoms with van der Waals surface area (Å²) in [5, 5.41) is 15.6. The van der Waals surface area contributed by atoms with Gasteiger partial charge in [-0.15, -0.1) is 0 Å². The number of fused-ring (bicyclic) bond motifs is 6. The number of pyridine rings is 1. The molecule has 0 N–H and O–H groups in total. The van der Waals surface area contributed by atoms with Crippen molar-refractivity contribution in [1.29, 1.82) is 5.26 Å². The number of nitrogens with zero attached hydrogens (tertiary/aromatic N) is 4. The van der Waals surface area contributed by atoms with Crippen molar-refractivity contribution in [1.82, 2.24) is 14.1 Å². The fraction of sp³-hybridized carbons (Fsp3) is 0.0400. The zero-order chi connectivity index (χ0) is 36.3. The lowest BCUT2D eigenvalue weighted by Gasteiger charge is -2.19. The summed E-state index contributed by atoms with van der Waals surface area (Å²) in [6, 6.07) is 58.6. The van der Waals surface area contributed by atoms with Crippen molar-refractivity contribution in [3.05, 3.63) is 187 Å². The van der Waals surface area contributed by atoms with Crippen LogP contribution in [0.5, 0.6) is 0 Å². The topological polar surface area (TPSA) is 46.5 Å². The highest BCUT2D eigenvalue weighted by Crippen LogP contribution is 2.42. The van der Waals surface area contributed by atoms with Gasteiger partial charge in [-0.25, -0.2) is 0 Å². The maximum atomic E-state index is 11.0. The molecule has 0 aliphatic rings. The summed E-state index contributed by atoms with van der Waals surface area (Å²) in [4.78, 5) is 4.37. The molecule has 0 saturated carbocycles. The highest BCUT2D eigenvalue weighted by molar-refractivity contribution is 6.12. The van der Waals surface area contributed by atoms with E-state index >= 15 is 0 Å². The number of aryl methyl sites for hydroxylation is 2.